The number of benzene rings is 1. The summed E-state index contributed by atoms with van der Waals surface area (Å²) in [5.41, 5.74) is 2.75. The summed E-state index contributed by atoms with van der Waals surface area (Å²) in [5, 5.41) is 19.0. The molecule has 0 aliphatic rings. The fraction of sp³-hybridized carbons (Fsp3) is 0.167. The van der Waals surface area contributed by atoms with Crippen molar-refractivity contribution in [1.82, 2.24) is 19.7 Å². The number of fused-ring (bicyclic) bond motifs is 3. The number of H-pyrrole nitrogens is 1. The van der Waals surface area contributed by atoms with Gasteiger partial charge in [-0.05, 0) is 44.2 Å². The summed E-state index contributed by atoms with van der Waals surface area (Å²) < 4.78 is 1.66. The zero-order valence-electron chi connectivity index (χ0n) is 13.4. The monoisotopic (exact) mass is 320 g/mol. The van der Waals surface area contributed by atoms with E-state index < -0.39 is 0 Å². The van der Waals surface area contributed by atoms with Crippen molar-refractivity contribution in [3.63, 3.8) is 0 Å². The van der Waals surface area contributed by atoms with E-state index in [0.29, 0.717) is 23.3 Å². The Bertz CT molecular complexity index is 1120. The van der Waals surface area contributed by atoms with Crippen LogP contribution in [0.25, 0.3) is 33.1 Å². The minimum absolute atomic E-state index is 0.0759. The Hall–Kier alpha value is -3.15. The van der Waals surface area contributed by atoms with E-state index in [2.05, 4.69) is 15.2 Å². The van der Waals surface area contributed by atoms with Crippen LogP contribution in [0.3, 0.4) is 0 Å². The van der Waals surface area contributed by atoms with Gasteiger partial charge in [-0.25, -0.2) is 4.98 Å². The first-order valence-electron chi connectivity index (χ1n) is 7.77. The van der Waals surface area contributed by atoms with Gasteiger partial charge >= 0.3 is 0 Å². The summed E-state index contributed by atoms with van der Waals surface area (Å²) in [6, 6.07) is 8.64. The molecule has 0 atom stereocenters. The Balaban J connectivity index is 2.21. The van der Waals surface area contributed by atoms with Crippen LogP contribution in [-0.4, -0.2) is 24.9 Å². The molecular weight excluding hydrogens is 304 g/mol. The van der Waals surface area contributed by atoms with Crippen molar-refractivity contribution in [3.8, 4) is 17.0 Å². The highest BCUT2D eigenvalue weighted by Crippen LogP contribution is 2.31. The summed E-state index contributed by atoms with van der Waals surface area (Å²) >= 11 is 0. The first-order valence-corrected chi connectivity index (χ1v) is 7.77. The van der Waals surface area contributed by atoms with E-state index in [-0.39, 0.29) is 11.3 Å². The van der Waals surface area contributed by atoms with Crippen molar-refractivity contribution in [2.24, 2.45) is 0 Å². The highest BCUT2D eigenvalue weighted by molar-refractivity contribution is 6.10. The first-order chi connectivity index (χ1) is 11.6. The fourth-order valence-corrected chi connectivity index (χ4v) is 3.08. The molecule has 0 saturated heterocycles. The molecule has 24 heavy (non-hydrogen) atoms. The molecule has 6 nitrogen and oxygen atoms in total. The molecule has 3 heterocycles. The summed E-state index contributed by atoms with van der Waals surface area (Å²) in [4.78, 5) is 17.6. The Morgan fingerprint density at radius 1 is 1.17 bits per heavy atom. The number of nitrogens with zero attached hydrogens (tertiary/aromatic N) is 3. The van der Waals surface area contributed by atoms with Crippen molar-refractivity contribution in [2.75, 3.05) is 0 Å². The molecule has 0 unspecified atom stereocenters. The number of aromatic amines is 1. The van der Waals surface area contributed by atoms with Gasteiger partial charge in [-0.2, -0.15) is 5.10 Å². The van der Waals surface area contributed by atoms with E-state index in [0.717, 1.165) is 22.0 Å². The summed E-state index contributed by atoms with van der Waals surface area (Å²) in [6.07, 6.45) is 1.80. The second-order valence-corrected chi connectivity index (χ2v) is 5.74. The molecule has 3 aromatic heterocycles. The lowest BCUT2D eigenvalue weighted by molar-refractivity contribution is 0.475. The number of phenolic OH excluding ortho intramolecular Hbond substituents is 1. The van der Waals surface area contributed by atoms with Crippen LogP contribution in [0.2, 0.25) is 0 Å². The van der Waals surface area contributed by atoms with E-state index in [4.69, 9.17) is 0 Å². The molecule has 6 heteroatoms. The molecule has 0 aliphatic carbocycles. The summed E-state index contributed by atoms with van der Waals surface area (Å²) in [7, 11) is 0. The van der Waals surface area contributed by atoms with Gasteiger partial charge in [0.1, 0.15) is 5.75 Å². The largest absolute Gasteiger partial charge is 0.508 e. The molecule has 0 amide bonds. The number of aromatic hydroxyl groups is 1. The van der Waals surface area contributed by atoms with E-state index in [1.165, 1.54) is 0 Å². The number of hydrogen-bond acceptors (Lipinski definition) is 4. The van der Waals surface area contributed by atoms with Gasteiger partial charge in [0, 0.05) is 29.1 Å². The molecule has 4 aromatic rings. The number of pyridine rings is 2. The van der Waals surface area contributed by atoms with Gasteiger partial charge in [0.25, 0.3) is 5.56 Å². The lowest BCUT2D eigenvalue weighted by atomic mass is 10.0. The molecule has 0 spiro atoms. The predicted molar refractivity (Wildman–Crippen MR) is 93.2 cm³/mol. The summed E-state index contributed by atoms with van der Waals surface area (Å²) in [6.45, 7) is 4.42. The molecule has 0 aliphatic heterocycles. The molecule has 120 valence electrons. The standard InChI is InChI=1S/C18H16N4O2/c1-3-22-9-8-13-14-10(2)20-21-17(14)19-16(15(13)18(22)24)11-4-6-12(23)7-5-11/h4-9,23H,3H2,1-2H3,(H,19,20,21). The van der Waals surface area contributed by atoms with E-state index >= 15 is 0 Å². The maximum absolute atomic E-state index is 12.9. The molecule has 2 N–H and O–H groups in total. The molecule has 0 radical (unpaired) electrons. The van der Waals surface area contributed by atoms with Gasteiger partial charge in [-0.15, -0.1) is 0 Å². The van der Waals surface area contributed by atoms with Crippen LogP contribution in [-0.2, 0) is 6.54 Å². The third kappa shape index (κ3) is 2.00. The predicted octanol–water partition coefficient (Wildman–Crippen LogP) is 2.97. The SMILES string of the molecule is CCn1ccc2c(c(-c3ccc(O)cc3)nc3[nH]nc(C)c32)c1=O. The number of aryl methyl sites for hydroxylation is 2. The minimum atomic E-state index is -0.0759. The van der Waals surface area contributed by atoms with Crippen molar-refractivity contribution in [3.05, 3.63) is 52.6 Å². The maximum Gasteiger partial charge on any atom is 0.260 e. The van der Waals surface area contributed by atoms with E-state index in [1.54, 1.807) is 35.0 Å². The van der Waals surface area contributed by atoms with Gasteiger partial charge in [0.2, 0.25) is 0 Å². The van der Waals surface area contributed by atoms with Crippen LogP contribution in [0.1, 0.15) is 12.6 Å². The average molecular weight is 320 g/mol. The van der Waals surface area contributed by atoms with Crippen LogP contribution in [0, 0.1) is 6.92 Å². The first kappa shape index (κ1) is 14.4. The van der Waals surface area contributed by atoms with E-state index in [9.17, 15) is 9.90 Å². The Morgan fingerprint density at radius 2 is 1.92 bits per heavy atom. The molecule has 0 bridgehead atoms. The third-order valence-corrected chi connectivity index (χ3v) is 4.30. The lowest BCUT2D eigenvalue weighted by Crippen LogP contribution is -2.19. The van der Waals surface area contributed by atoms with Crippen LogP contribution in [0.15, 0.2) is 41.3 Å². The van der Waals surface area contributed by atoms with Gasteiger partial charge in [-0.3, -0.25) is 9.89 Å². The minimum Gasteiger partial charge on any atom is -0.508 e. The summed E-state index contributed by atoms with van der Waals surface area (Å²) in [5.74, 6) is 0.174. The molecular formula is C18H16N4O2. The molecule has 4 rings (SSSR count). The Kier molecular flexibility index (Phi) is 3.13. The molecule has 0 saturated carbocycles. The van der Waals surface area contributed by atoms with Gasteiger partial charge in [-0.1, -0.05) is 0 Å². The van der Waals surface area contributed by atoms with Crippen LogP contribution in [0.4, 0.5) is 0 Å². The van der Waals surface area contributed by atoms with E-state index in [1.807, 2.05) is 19.9 Å². The topological polar surface area (TPSA) is 83.8 Å². The second kappa shape index (κ2) is 5.19. The average Bonchev–Trinajstić information content (AvgIpc) is 2.96. The smallest absolute Gasteiger partial charge is 0.260 e. The highest BCUT2D eigenvalue weighted by Gasteiger charge is 2.17. The van der Waals surface area contributed by atoms with Crippen molar-refractivity contribution in [2.45, 2.75) is 20.4 Å². The normalized spacial score (nSPS) is 11.4. The van der Waals surface area contributed by atoms with Crippen LogP contribution in [0.5, 0.6) is 5.75 Å². The Labute approximate surface area is 137 Å². The third-order valence-electron chi connectivity index (χ3n) is 4.30. The van der Waals surface area contributed by atoms with Gasteiger partial charge in [0.05, 0.1) is 16.8 Å². The van der Waals surface area contributed by atoms with Crippen molar-refractivity contribution in [1.29, 1.82) is 0 Å². The molecule has 1 aromatic carbocycles. The maximum atomic E-state index is 12.9. The Morgan fingerprint density at radius 3 is 2.62 bits per heavy atom. The zero-order chi connectivity index (χ0) is 16.8. The second-order valence-electron chi connectivity index (χ2n) is 5.74. The lowest BCUT2D eigenvalue weighted by Gasteiger charge is -2.10. The number of hydrogen-bond donors (Lipinski definition) is 2. The molecule has 0 fully saturated rings. The van der Waals surface area contributed by atoms with Crippen molar-refractivity contribution < 1.29 is 5.11 Å². The van der Waals surface area contributed by atoms with Crippen molar-refractivity contribution >= 4 is 21.8 Å². The van der Waals surface area contributed by atoms with Gasteiger partial charge in [0.15, 0.2) is 5.65 Å². The quantitative estimate of drug-likeness (QED) is 0.595. The highest BCUT2D eigenvalue weighted by atomic mass is 16.3. The van der Waals surface area contributed by atoms with Crippen LogP contribution >= 0.6 is 0 Å². The fourth-order valence-electron chi connectivity index (χ4n) is 3.08. The zero-order valence-corrected chi connectivity index (χ0v) is 13.4. The van der Waals surface area contributed by atoms with Crippen LogP contribution < -0.4 is 5.56 Å². The number of nitrogens with one attached hydrogen (secondary N) is 1. The van der Waals surface area contributed by atoms with Gasteiger partial charge < -0.3 is 9.67 Å². The number of aromatic nitrogens is 4. The number of phenols is 1. The number of rotatable bonds is 2.